The maximum absolute atomic E-state index is 14.3. The average Bonchev–Trinajstić information content (AvgIpc) is 2.70. The Balaban J connectivity index is 1.71. The first-order valence-electron chi connectivity index (χ1n) is 9.97. The summed E-state index contributed by atoms with van der Waals surface area (Å²) in [6.07, 6.45) is 0.263. The number of hydrogen-bond donors (Lipinski definition) is 3. The van der Waals surface area contributed by atoms with Gasteiger partial charge in [-0.3, -0.25) is 19.9 Å². The minimum atomic E-state index is -0.630. The molecule has 1 atom stereocenters. The molecule has 0 bridgehead atoms. The third-order valence-corrected chi connectivity index (χ3v) is 5.68. The van der Waals surface area contributed by atoms with Gasteiger partial charge in [0.1, 0.15) is 5.82 Å². The van der Waals surface area contributed by atoms with Gasteiger partial charge in [0.25, 0.3) is 5.91 Å². The molecule has 3 N–H and O–H groups in total. The fourth-order valence-corrected chi connectivity index (χ4v) is 3.33. The highest BCUT2D eigenvalue weighted by Crippen LogP contribution is 2.26. The van der Waals surface area contributed by atoms with Gasteiger partial charge < -0.3 is 10.6 Å². The molecular formula is C23H27FN4O2. The standard InChI is InChI=1S/C23H27FN4O2/c1-15(2)23(3)12-20(29)28(22(25)27-23)14-17-9-10-19(24)18(11-17)21(30)26-13-16-7-5-4-6-8-16/h4-11,15H,12-14H2,1-3H3,(H2,25,27)(H,26,30)/t23-/m0/s1. The lowest BCUT2D eigenvalue weighted by atomic mass is 9.83. The molecule has 1 fully saturated rings. The predicted octanol–water partition coefficient (Wildman–Crippen LogP) is 3.43. The Morgan fingerprint density at radius 1 is 1.23 bits per heavy atom. The van der Waals surface area contributed by atoms with Crippen molar-refractivity contribution in [3.8, 4) is 0 Å². The van der Waals surface area contributed by atoms with Gasteiger partial charge in [-0.15, -0.1) is 0 Å². The number of guanidine groups is 1. The molecule has 30 heavy (non-hydrogen) atoms. The van der Waals surface area contributed by atoms with Crippen LogP contribution in [-0.4, -0.2) is 28.2 Å². The zero-order chi connectivity index (χ0) is 21.9. The fraction of sp³-hybridized carbons (Fsp3) is 0.348. The van der Waals surface area contributed by atoms with Crippen LogP contribution in [0.25, 0.3) is 0 Å². The van der Waals surface area contributed by atoms with E-state index in [1.807, 2.05) is 51.1 Å². The molecule has 3 rings (SSSR count). The van der Waals surface area contributed by atoms with E-state index in [9.17, 15) is 14.0 Å². The Hall–Kier alpha value is -3.22. The van der Waals surface area contributed by atoms with Crippen LogP contribution < -0.4 is 10.6 Å². The number of nitrogens with one attached hydrogen (secondary N) is 3. The van der Waals surface area contributed by atoms with Gasteiger partial charge in [-0.2, -0.15) is 0 Å². The van der Waals surface area contributed by atoms with Gasteiger partial charge >= 0.3 is 0 Å². The highest BCUT2D eigenvalue weighted by molar-refractivity contribution is 5.99. The number of nitrogens with zero attached hydrogens (tertiary/aromatic N) is 1. The summed E-state index contributed by atoms with van der Waals surface area (Å²) in [6.45, 7) is 6.32. The monoisotopic (exact) mass is 410 g/mol. The Labute approximate surface area is 176 Å². The number of carbonyl (C=O) groups excluding carboxylic acids is 2. The smallest absolute Gasteiger partial charge is 0.254 e. The number of halogens is 1. The minimum Gasteiger partial charge on any atom is -0.350 e. The SMILES string of the molecule is CC(C)[C@]1(C)CC(=O)N(Cc2ccc(F)c(C(=O)NCc3ccccc3)c2)C(=N)N1. The first-order valence-corrected chi connectivity index (χ1v) is 9.97. The minimum absolute atomic E-state index is 0.0156. The summed E-state index contributed by atoms with van der Waals surface area (Å²) in [5, 5.41) is 14.1. The summed E-state index contributed by atoms with van der Waals surface area (Å²) in [6, 6.07) is 13.5. The van der Waals surface area contributed by atoms with Crippen molar-refractivity contribution >= 4 is 17.8 Å². The van der Waals surface area contributed by atoms with Crippen LogP contribution >= 0.6 is 0 Å². The molecule has 7 heteroatoms. The van der Waals surface area contributed by atoms with Gasteiger partial charge in [0.05, 0.1) is 18.5 Å². The summed E-state index contributed by atoms with van der Waals surface area (Å²) < 4.78 is 14.3. The third kappa shape index (κ3) is 4.67. The number of hydrogen-bond acceptors (Lipinski definition) is 3. The van der Waals surface area contributed by atoms with Gasteiger partial charge in [0, 0.05) is 12.1 Å². The van der Waals surface area contributed by atoms with Crippen LogP contribution in [0.15, 0.2) is 48.5 Å². The van der Waals surface area contributed by atoms with E-state index in [4.69, 9.17) is 5.41 Å². The molecule has 0 spiro atoms. The van der Waals surface area contributed by atoms with E-state index >= 15 is 0 Å². The van der Waals surface area contributed by atoms with Crippen LogP contribution in [0.3, 0.4) is 0 Å². The summed E-state index contributed by atoms with van der Waals surface area (Å²) >= 11 is 0. The summed E-state index contributed by atoms with van der Waals surface area (Å²) in [5.74, 6) is -1.13. The van der Waals surface area contributed by atoms with E-state index in [0.29, 0.717) is 5.56 Å². The third-order valence-electron chi connectivity index (χ3n) is 5.68. The van der Waals surface area contributed by atoms with E-state index in [1.54, 1.807) is 0 Å². The lowest BCUT2D eigenvalue weighted by Gasteiger charge is -2.43. The summed E-state index contributed by atoms with van der Waals surface area (Å²) in [5.41, 5.74) is 0.929. The van der Waals surface area contributed by atoms with E-state index in [1.165, 1.54) is 23.1 Å². The molecule has 0 saturated carbocycles. The van der Waals surface area contributed by atoms with Crippen molar-refractivity contribution in [1.82, 2.24) is 15.5 Å². The van der Waals surface area contributed by atoms with E-state index in [0.717, 1.165) is 5.56 Å². The van der Waals surface area contributed by atoms with Crippen LogP contribution in [-0.2, 0) is 17.9 Å². The van der Waals surface area contributed by atoms with Crippen molar-refractivity contribution in [3.63, 3.8) is 0 Å². The second-order valence-electron chi connectivity index (χ2n) is 8.18. The van der Waals surface area contributed by atoms with Gasteiger partial charge in [-0.25, -0.2) is 4.39 Å². The molecule has 2 amide bonds. The quantitative estimate of drug-likeness (QED) is 0.682. The van der Waals surface area contributed by atoms with Gasteiger partial charge in [0.2, 0.25) is 5.91 Å². The maximum atomic E-state index is 14.3. The van der Waals surface area contributed by atoms with Crippen LogP contribution in [0.5, 0.6) is 0 Å². The van der Waals surface area contributed by atoms with Crippen LogP contribution in [0.4, 0.5) is 4.39 Å². The first-order chi connectivity index (χ1) is 14.2. The van der Waals surface area contributed by atoms with Crippen molar-refractivity contribution < 1.29 is 14.0 Å². The molecule has 1 saturated heterocycles. The van der Waals surface area contributed by atoms with Crippen LogP contribution in [0, 0.1) is 17.1 Å². The zero-order valence-electron chi connectivity index (χ0n) is 17.5. The van der Waals surface area contributed by atoms with Gasteiger partial charge in [-0.1, -0.05) is 50.2 Å². The van der Waals surface area contributed by atoms with Crippen molar-refractivity contribution in [3.05, 3.63) is 71.0 Å². The van der Waals surface area contributed by atoms with Gasteiger partial charge in [-0.05, 0) is 36.1 Å². The van der Waals surface area contributed by atoms with Crippen LogP contribution in [0.2, 0.25) is 0 Å². The molecule has 1 aliphatic heterocycles. The summed E-state index contributed by atoms with van der Waals surface area (Å²) in [4.78, 5) is 26.5. The van der Waals surface area contributed by atoms with Crippen molar-refractivity contribution in [2.75, 3.05) is 0 Å². The molecule has 1 aliphatic rings. The van der Waals surface area contributed by atoms with E-state index in [-0.39, 0.29) is 42.9 Å². The Bertz CT molecular complexity index is 941. The number of amides is 2. The second-order valence-corrected chi connectivity index (χ2v) is 8.18. The molecule has 0 unspecified atom stereocenters. The molecule has 1 heterocycles. The van der Waals surface area contributed by atoms with E-state index in [2.05, 4.69) is 10.6 Å². The number of rotatable bonds is 6. The normalized spacial score (nSPS) is 19.0. The lowest BCUT2D eigenvalue weighted by Crippen LogP contribution is -2.62. The molecule has 0 radical (unpaired) electrons. The van der Waals surface area contributed by atoms with E-state index < -0.39 is 17.3 Å². The highest BCUT2D eigenvalue weighted by atomic mass is 19.1. The first kappa shape index (κ1) is 21.5. The number of benzene rings is 2. The van der Waals surface area contributed by atoms with Crippen molar-refractivity contribution in [1.29, 1.82) is 5.41 Å². The zero-order valence-corrected chi connectivity index (χ0v) is 17.5. The lowest BCUT2D eigenvalue weighted by molar-refractivity contribution is -0.131. The largest absolute Gasteiger partial charge is 0.350 e. The van der Waals surface area contributed by atoms with Gasteiger partial charge in [0.15, 0.2) is 5.96 Å². The number of carbonyl (C=O) groups is 2. The summed E-state index contributed by atoms with van der Waals surface area (Å²) in [7, 11) is 0. The molecule has 0 aromatic heterocycles. The van der Waals surface area contributed by atoms with Crippen LogP contribution in [0.1, 0.15) is 48.7 Å². The second kappa shape index (κ2) is 8.65. The topological polar surface area (TPSA) is 85.3 Å². The Morgan fingerprint density at radius 2 is 1.93 bits per heavy atom. The maximum Gasteiger partial charge on any atom is 0.254 e. The van der Waals surface area contributed by atoms with Crippen molar-refractivity contribution in [2.24, 2.45) is 5.92 Å². The Kier molecular flexibility index (Phi) is 6.20. The average molecular weight is 410 g/mol. The van der Waals surface area contributed by atoms with Crippen molar-refractivity contribution in [2.45, 2.75) is 45.8 Å². The highest BCUT2D eigenvalue weighted by Gasteiger charge is 2.40. The molecular weight excluding hydrogens is 383 g/mol. The molecule has 2 aromatic carbocycles. The molecule has 6 nitrogen and oxygen atoms in total. The fourth-order valence-electron chi connectivity index (χ4n) is 3.33. The molecule has 0 aliphatic carbocycles. The molecule has 158 valence electrons. The Morgan fingerprint density at radius 3 is 2.57 bits per heavy atom. The molecule has 2 aromatic rings. The predicted molar refractivity (Wildman–Crippen MR) is 113 cm³/mol.